The zero-order valence-corrected chi connectivity index (χ0v) is 16.7. The van der Waals surface area contributed by atoms with E-state index < -0.39 is 0 Å². The van der Waals surface area contributed by atoms with Crippen molar-refractivity contribution in [3.05, 3.63) is 59.3 Å². The molecule has 0 saturated carbocycles. The van der Waals surface area contributed by atoms with E-state index >= 15 is 0 Å². The van der Waals surface area contributed by atoms with Gasteiger partial charge in [0.2, 0.25) is 0 Å². The zero-order valence-electron chi connectivity index (χ0n) is 16.7. The molecule has 1 amide bonds. The standard InChI is InChI=1S/C24H26N4O/c29-24(27-19-14-8-10-17-9-2-3-11-18(17)19)22-23(28-15-6-1-7-16-28)26-21-13-5-4-12-20(21)25-22/h4-5,8,10,12-14H,1-3,6-7,9,11,15-16H2,(H,27,29). The van der Waals surface area contributed by atoms with Crippen molar-refractivity contribution in [2.75, 3.05) is 23.3 Å². The van der Waals surface area contributed by atoms with Crippen molar-refractivity contribution >= 4 is 28.4 Å². The molecule has 3 aromatic rings. The summed E-state index contributed by atoms with van der Waals surface area (Å²) in [4.78, 5) is 25.2. The van der Waals surface area contributed by atoms with Crippen LogP contribution in [0.15, 0.2) is 42.5 Å². The lowest BCUT2D eigenvalue weighted by atomic mass is 9.90. The van der Waals surface area contributed by atoms with Gasteiger partial charge in [0.05, 0.1) is 11.0 Å². The summed E-state index contributed by atoms with van der Waals surface area (Å²) in [7, 11) is 0. The molecule has 2 aromatic carbocycles. The number of carbonyl (C=O) groups is 1. The minimum Gasteiger partial charge on any atom is -0.355 e. The lowest BCUT2D eigenvalue weighted by Crippen LogP contribution is -2.33. The molecule has 2 aliphatic rings. The minimum absolute atomic E-state index is 0.164. The van der Waals surface area contributed by atoms with Gasteiger partial charge in [-0.05, 0) is 74.3 Å². The van der Waals surface area contributed by atoms with Crippen LogP contribution in [0, 0.1) is 0 Å². The molecule has 0 bridgehead atoms. The Hall–Kier alpha value is -2.95. The van der Waals surface area contributed by atoms with Crippen LogP contribution in [0.1, 0.15) is 53.7 Å². The number of aryl methyl sites for hydroxylation is 1. The van der Waals surface area contributed by atoms with E-state index in [0.717, 1.165) is 55.5 Å². The first-order valence-electron chi connectivity index (χ1n) is 10.7. The lowest BCUT2D eigenvalue weighted by Gasteiger charge is -2.29. The van der Waals surface area contributed by atoms with Crippen LogP contribution in [-0.4, -0.2) is 29.0 Å². The Kier molecular flexibility index (Phi) is 4.88. The average molecular weight is 386 g/mol. The Morgan fingerprint density at radius 3 is 2.41 bits per heavy atom. The largest absolute Gasteiger partial charge is 0.355 e. The molecular weight excluding hydrogens is 360 g/mol. The molecule has 1 aliphatic carbocycles. The van der Waals surface area contributed by atoms with E-state index in [1.807, 2.05) is 36.4 Å². The summed E-state index contributed by atoms with van der Waals surface area (Å²) in [5, 5.41) is 3.16. The van der Waals surface area contributed by atoms with Crippen molar-refractivity contribution in [1.29, 1.82) is 0 Å². The summed E-state index contributed by atoms with van der Waals surface area (Å²) >= 11 is 0. The number of anilines is 2. The number of hydrogen-bond acceptors (Lipinski definition) is 4. The van der Waals surface area contributed by atoms with E-state index in [2.05, 4.69) is 16.3 Å². The number of hydrogen-bond donors (Lipinski definition) is 1. The van der Waals surface area contributed by atoms with Crippen LogP contribution in [0.2, 0.25) is 0 Å². The molecule has 2 heterocycles. The number of amides is 1. The molecule has 5 nitrogen and oxygen atoms in total. The second kappa shape index (κ2) is 7.82. The van der Waals surface area contributed by atoms with Gasteiger partial charge in [0.15, 0.2) is 11.5 Å². The van der Waals surface area contributed by atoms with Crippen LogP contribution in [-0.2, 0) is 12.8 Å². The molecule has 0 radical (unpaired) electrons. The third-order valence-electron chi connectivity index (χ3n) is 6.07. The van der Waals surface area contributed by atoms with E-state index in [1.165, 1.54) is 30.4 Å². The van der Waals surface area contributed by atoms with Crippen LogP contribution >= 0.6 is 0 Å². The number of rotatable bonds is 3. The molecule has 0 unspecified atom stereocenters. The van der Waals surface area contributed by atoms with E-state index in [4.69, 9.17) is 9.97 Å². The predicted octanol–water partition coefficient (Wildman–Crippen LogP) is 4.75. The highest BCUT2D eigenvalue weighted by Gasteiger charge is 2.24. The first kappa shape index (κ1) is 18.1. The minimum atomic E-state index is -0.164. The van der Waals surface area contributed by atoms with Gasteiger partial charge in [-0.15, -0.1) is 0 Å². The van der Waals surface area contributed by atoms with Gasteiger partial charge < -0.3 is 10.2 Å². The maximum atomic E-state index is 13.4. The van der Waals surface area contributed by atoms with Crippen LogP contribution in [0.3, 0.4) is 0 Å². The maximum absolute atomic E-state index is 13.4. The summed E-state index contributed by atoms with van der Waals surface area (Å²) in [6, 6.07) is 14.0. The number of carbonyl (C=O) groups excluding carboxylic acids is 1. The lowest BCUT2D eigenvalue weighted by molar-refractivity contribution is 0.102. The van der Waals surface area contributed by atoms with Crippen LogP contribution in [0.4, 0.5) is 11.5 Å². The number of nitrogens with zero attached hydrogens (tertiary/aromatic N) is 3. The van der Waals surface area contributed by atoms with Crippen molar-refractivity contribution in [2.24, 2.45) is 0 Å². The van der Waals surface area contributed by atoms with E-state index in [-0.39, 0.29) is 5.91 Å². The van der Waals surface area contributed by atoms with Crippen LogP contribution in [0.5, 0.6) is 0 Å². The topological polar surface area (TPSA) is 58.1 Å². The normalized spacial score (nSPS) is 16.5. The molecule has 1 saturated heterocycles. The van der Waals surface area contributed by atoms with Gasteiger partial charge in [-0.2, -0.15) is 0 Å². The summed E-state index contributed by atoms with van der Waals surface area (Å²) in [5.74, 6) is 0.550. The number of benzene rings is 2. The Bertz CT molecular complexity index is 1060. The first-order chi connectivity index (χ1) is 14.3. The Balaban J connectivity index is 1.54. The van der Waals surface area contributed by atoms with Gasteiger partial charge in [-0.25, -0.2) is 9.97 Å². The average Bonchev–Trinajstić information content (AvgIpc) is 2.79. The number of fused-ring (bicyclic) bond motifs is 2. The number of aromatic nitrogens is 2. The fraction of sp³-hybridized carbons (Fsp3) is 0.375. The third kappa shape index (κ3) is 3.57. The molecule has 5 rings (SSSR count). The molecule has 0 spiro atoms. The maximum Gasteiger partial charge on any atom is 0.278 e. The third-order valence-corrected chi connectivity index (χ3v) is 6.07. The van der Waals surface area contributed by atoms with E-state index in [0.29, 0.717) is 11.5 Å². The Labute approximate surface area is 171 Å². The molecule has 1 aliphatic heterocycles. The molecular formula is C24H26N4O. The number of para-hydroxylation sites is 2. The Morgan fingerprint density at radius 2 is 1.59 bits per heavy atom. The van der Waals surface area contributed by atoms with Crippen molar-refractivity contribution in [3.63, 3.8) is 0 Å². The van der Waals surface area contributed by atoms with Gasteiger partial charge in [0.1, 0.15) is 0 Å². The van der Waals surface area contributed by atoms with Gasteiger partial charge in [-0.1, -0.05) is 24.3 Å². The second-order valence-corrected chi connectivity index (χ2v) is 8.04. The van der Waals surface area contributed by atoms with Gasteiger partial charge in [0, 0.05) is 18.8 Å². The van der Waals surface area contributed by atoms with E-state index in [9.17, 15) is 4.79 Å². The highest BCUT2D eigenvalue weighted by molar-refractivity contribution is 6.07. The number of piperidine rings is 1. The predicted molar refractivity (Wildman–Crippen MR) is 117 cm³/mol. The highest BCUT2D eigenvalue weighted by Crippen LogP contribution is 2.29. The summed E-state index contributed by atoms with van der Waals surface area (Å²) in [5.41, 5.74) is 5.58. The summed E-state index contributed by atoms with van der Waals surface area (Å²) < 4.78 is 0. The van der Waals surface area contributed by atoms with Crippen LogP contribution in [0.25, 0.3) is 11.0 Å². The SMILES string of the molecule is O=C(Nc1cccc2c1CCCC2)c1nc2ccccc2nc1N1CCCCC1. The fourth-order valence-corrected chi connectivity index (χ4v) is 4.55. The number of nitrogens with one attached hydrogen (secondary N) is 1. The quantitative estimate of drug-likeness (QED) is 0.706. The molecule has 148 valence electrons. The van der Waals surface area contributed by atoms with E-state index in [1.54, 1.807) is 0 Å². The molecule has 5 heteroatoms. The molecule has 1 fully saturated rings. The smallest absolute Gasteiger partial charge is 0.278 e. The summed E-state index contributed by atoms with van der Waals surface area (Å²) in [6.45, 7) is 1.85. The van der Waals surface area contributed by atoms with Crippen molar-refractivity contribution in [2.45, 2.75) is 44.9 Å². The van der Waals surface area contributed by atoms with Gasteiger partial charge in [-0.3, -0.25) is 4.79 Å². The molecule has 1 N–H and O–H groups in total. The van der Waals surface area contributed by atoms with Gasteiger partial charge >= 0.3 is 0 Å². The first-order valence-corrected chi connectivity index (χ1v) is 10.7. The second-order valence-electron chi connectivity index (χ2n) is 8.04. The zero-order chi connectivity index (χ0) is 19.6. The Morgan fingerprint density at radius 1 is 0.828 bits per heavy atom. The fourth-order valence-electron chi connectivity index (χ4n) is 4.55. The van der Waals surface area contributed by atoms with Crippen molar-refractivity contribution < 1.29 is 4.79 Å². The van der Waals surface area contributed by atoms with Crippen LogP contribution < -0.4 is 10.2 Å². The van der Waals surface area contributed by atoms with Crippen molar-refractivity contribution in [3.8, 4) is 0 Å². The highest BCUT2D eigenvalue weighted by atomic mass is 16.1. The molecule has 0 atom stereocenters. The summed E-state index contributed by atoms with van der Waals surface area (Å²) in [6.07, 6.45) is 8.00. The van der Waals surface area contributed by atoms with Crippen molar-refractivity contribution in [1.82, 2.24) is 9.97 Å². The molecule has 1 aromatic heterocycles. The van der Waals surface area contributed by atoms with Gasteiger partial charge in [0.25, 0.3) is 5.91 Å². The molecule has 29 heavy (non-hydrogen) atoms. The monoisotopic (exact) mass is 386 g/mol.